The number of rotatable bonds is 4. The predicted molar refractivity (Wildman–Crippen MR) is 84.7 cm³/mol. The van der Waals surface area contributed by atoms with E-state index >= 15 is 0 Å². The van der Waals surface area contributed by atoms with E-state index in [4.69, 9.17) is 5.11 Å². The Morgan fingerprint density at radius 2 is 2.00 bits per heavy atom. The molecule has 1 fully saturated rings. The van der Waals surface area contributed by atoms with Crippen molar-refractivity contribution in [2.24, 2.45) is 5.92 Å². The minimum absolute atomic E-state index is 0.0566. The lowest BCUT2D eigenvalue weighted by molar-refractivity contribution is -0.126. The first-order valence-electron chi connectivity index (χ1n) is 7.81. The molecule has 22 heavy (non-hydrogen) atoms. The van der Waals surface area contributed by atoms with Gasteiger partial charge in [0.1, 0.15) is 0 Å². The number of nitrogens with one attached hydrogen (secondary N) is 1. The van der Waals surface area contributed by atoms with Crippen LogP contribution >= 0.6 is 0 Å². The first-order valence-corrected chi connectivity index (χ1v) is 7.81. The van der Waals surface area contributed by atoms with E-state index in [-0.39, 0.29) is 11.8 Å². The summed E-state index contributed by atoms with van der Waals surface area (Å²) in [5.41, 5.74) is 2.34. The zero-order valence-corrected chi connectivity index (χ0v) is 13.2. The Balaban J connectivity index is 1.85. The number of carboxylic acid groups (broad SMARTS) is 1. The number of amides is 2. The summed E-state index contributed by atoms with van der Waals surface area (Å²) in [5, 5.41) is 11.9. The van der Waals surface area contributed by atoms with Crippen LogP contribution < -0.4 is 5.32 Å². The third-order valence-corrected chi connectivity index (χ3v) is 4.18. The van der Waals surface area contributed by atoms with Crippen LogP contribution in [-0.4, -0.2) is 35.1 Å². The molecule has 1 atom stereocenters. The number of carbonyl (C=O) groups excluding carboxylic acids is 1. The highest BCUT2D eigenvalue weighted by Gasteiger charge is 2.27. The van der Waals surface area contributed by atoms with Crippen LogP contribution in [-0.2, 0) is 11.3 Å². The summed E-state index contributed by atoms with van der Waals surface area (Å²) in [6, 6.07) is 8.22. The normalized spacial score (nSPS) is 18.3. The van der Waals surface area contributed by atoms with Crippen molar-refractivity contribution in [1.82, 2.24) is 10.2 Å². The molecule has 0 aromatic heterocycles. The molecule has 120 valence electrons. The van der Waals surface area contributed by atoms with Crippen molar-refractivity contribution in [3.8, 4) is 0 Å². The number of carbonyl (C=O) groups is 2. The maximum Gasteiger partial charge on any atom is 0.407 e. The van der Waals surface area contributed by atoms with Crippen molar-refractivity contribution >= 4 is 12.0 Å². The lowest BCUT2D eigenvalue weighted by Gasteiger charge is -2.29. The average molecular weight is 304 g/mol. The van der Waals surface area contributed by atoms with Crippen LogP contribution in [0.1, 0.15) is 43.7 Å². The van der Waals surface area contributed by atoms with Gasteiger partial charge in [0.15, 0.2) is 0 Å². The van der Waals surface area contributed by atoms with E-state index in [1.165, 1.54) is 10.5 Å². The van der Waals surface area contributed by atoms with E-state index in [9.17, 15) is 9.59 Å². The minimum Gasteiger partial charge on any atom is -0.465 e. The van der Waals surface area contributed by atoms with Gasteiger partial charge in [0.25, 0.3) is 0 Å². The molecule has 0 unspecified atom stereocenters. The summed E-state index contributed by atoms with van der Waals surface area (Å²) in [4.78, 5) is 24.5. The molecule has 1 aromatic rings. The molecule has 0 bridgehead atoms. The molecule has 1 aliphatic heterocycles. The number of piperidine rings is 1. The van der Waals surface area contributed by atoms with Gasteiger partial charge in [0.2, 0.25) is 5.91 Å². The van der Waals surface area contributed by atoms with E-state index in [1.54, 1.807) is 0 Å². The van der Waals surface area contributed by atoms with Gasteiger partial charge < -0.3 is 15.3 Å². The molecule has 1 saturated heterocycles. The van der Waals surface area contributed by atoms with Crippen LogP contribution in [0.4, 0.5) is 4.79 Å². The molecule has 2 N–H and O–H groups in total. The van der Waals surface area contributed by atoms with Gasteiger partial charge in [-0.15, -0.1) is 0 Å². The molecular weight excluding hydrogens is 280 g/mol. The zero-order valence-electron chi connectivity index (χ0n) is 13.2. The largest absolute Gasteiger partial charge is 0.465 e. The summed E-state index contributed by atoms with van der Waals surface area (Å²) < 4.78 is 0. The zero-order chi connectivity index (χ0) is 16.1. The van der Waals surface area contributed by atoms with Crippen LogP contribution in [0.2, 0.25) is 0 Å². The number of benzene rings is 1. The summed E-state index contributed by atoms with van der Waals surface area (Å²) in [6.45, 7) is 5.60. The van der Waals surface area contributed by atoms with Crippen molar-refractivity contribution in [3.05, 3.63) is 35.4 Å². The number of hydrogen-bond donors (Lipinski definition) is 2. The molecule has 0 aliphatic carbocycles. The van der Waals surface area contributed by atoms with Crippen LogP contribution in [0.25, 0.3) is 0 Å². The van der Waals surface area contributed by atoms with Gasteiger partial charge in [-0.2, -0.15) is 0 Å². The molecule has 0 spiro atoms. The van der Waals surface area contributed by atoms with Gasteiger partial charge in [-0.05, 0) is 29.9 Å². The fraction of sp³-hybridized carbons (Fsp3) is 0.529. The van der Waals surface area contributed by atoms with Gasteiger partial charge in [0.05, 0.1) is 5.92 Å². The van der Waals surface area contributed by atoms with Crippen molar-refractivity contribution < 1.29 is 14.7 Å². The van der Waals surface area contributed by atoms with Crippen molar-refractivity contribution in [2.75, 3.05) is 13.1 Å². The highest BCUT2D eigenvalue weighted by Crippen LogP contribution is 2.17. The van der Waals surface area contributed by atoms with Gasteiger partial charge in [-0.3, -0.25) is 4.79 Å². The lowest BCUT2D eigenvalue weighted by atomic mass is 9.97. The molecule has 0 saturated carbocycles. The minimum atomic E-state index is -0.943. The first-order chi connectivity index (χ1) is 10.5. The lowest BCUT2D eigenvalue weighted by Crippen LogP contribution is -2.44. The molecule has 0 radical (unpaired) electrons. The fourth-order valence-corrected chi connectivity index (χ4v) is 2.72. The molecular formula is C17H24N2O3. The third kappa shape index (κ3) is 4.23. The van der Waals surface area contributed by atoms with E-state index < -0.39 is 6.09 Å². The third-order valence-electron chi connectivity index (χ3n) is 4.18. The van der Waals surface area contributed by atoms with E-state index in [0.717, 1.165) is 18.4 Å². The Labute approximate surface area is 131 Å². The molecule has 2 rings (SSSR count). The summed E-state index contributed by atoms with van der Waals surface area (Å²) in [5.74, 6) is 0.201. The Kier molecular flexibility index (Phi) is 5.41. The fourth-order valence-electron chi connectivity index (χ4n) is 2.72. The highest BCUT2D eigenvalue weighted by molar-refractivity contribution is 5.79. The van der Waals surface area contributed by atoms with Crippen molar-refractivity contribution in [2.45, 2.75) is 39.2 Å². The smallest absolute Gasteiger partial charge is 0.407 e. The Morgan fingerprint density at radius 3 is 2.59 bits per heavy atom. The molecule has 1 heterocycles. The molecule has 5 nitrogen and oxygen atoms in total. The quantitative estimate of drug-likeness (QED) is 0.898. The van der Waals surface area contributed by atoms with Crippen LogP contribution in [0.15, 0.2) is 24.3 Å². The summed E-state index contributed by atoms with van der Waals surface area (Å²) in [6.07, 6.45) is 0.553. The monoisotopic (exact) mass is 304 g/mol. The highest BCUT2D eigenvalue weighted by atomic mass is 16.4. The molecule has 2 amide bonds. The Hall–Kier alpha value is -2.04. The topological polar surface area (TPSA) is 69.6 Å². The number of likely N-dealkylation sites (tertiary alicyclic amines) is 1. The van der Waals surface area contributed by atoms with Crippen molar-refractivity contribution in [1.29, 1.82) is 0 Å². The van der Waals surface area contributed by atoms with E-state index in [1.807, 2.05) is 12.1 Å². The summed E-state index contributed by atoms with van der Waals surface area (Å²) >= 11 is 0. The van der Waals surface area contributed by atoms with Gasteiger partial charge >= 0.3 is 6.09 Å². The maximum atomic E-state index is 12.2. The van der Waals surface area contributed by atoms with Crippen LogP contribution in [0, 0.1) is 5.92 Å². The average Bonchev–Trinajstić information content (AvgIpc) is 2.53. The van der Waals surface area contributed by atoms with E-state index in [0.29, 0.717) is 25.6 Å². The standard InChI is InChI=1S/C17H24N2O3/c1-12(2)14-7-5-13(6-8-14)10-18-16(20)15-4-3-9-19(11-15)17(21)22/h5-8,12,15H,3-4,9-11H2,1-2H3,(H,18,20)(H,21,22)/t15-/m1/s1. The van der Waals surface area contributed by atoms with Crippen molar-refractivity contribution in [3.63, 3.8) is 0 Å². The first kappa shape index (κ1) is 16.3. The maximum absolute atomic E-state index is 12.2. The van der Waals surface area contributed by atoms with Gasteiger partial charge in [0, 0.05) is 19.6 Å². The second-order valence-electron chi connectivity index (χ2n) is 6.18. The molecule has 5 heteroatoms. The SMILES string of the molecule is CC(C)c1ccc(CNC(=O)[C@@H]2CCCN(C(=O)O)C2)cc1. The Morgan fingerprint density at radius 1 is 1.32 bits per heavy atom. The molecule has 1 aliphatic rings. The van der Waals surface area contributed by atoms with Gasteiger partial charge in [-0.1, -0.05) is 38.1 Å². The predicted octanol–water partition coefficient (Wildman–Crippen LogP) is 2.82. The second-order valence-corrected chi connectivity index (χ2v) is 6.18. The Bertz CT molecular complexity index is 525. The second kappa shape index (κ2) is 7.29. The number of nitrogens with zero attached hydrogens (tertiary/aromatic N) is 1. The van der Waals surface area contributed by atoms with E-state index in [2.05, 4.69) is 31.3 Å². The number of hydrogen-bond acceptors (Lipinski definition) is 2. The molecule has 1 aromatic carbocycles. The van der Waals surface area contributed by atoms with Crippen LogP contribution in [0.5, 0.6) is 0 Å². The van der Waals surface area contributed by atoms with Crippen LogP contribution in [0.3, 0.4) is 0 Å². The van der Waals surface area contributed by atoms with Gasteiger partial charge in [-0.25, -0.2) is 4.79 Å². The summed E-state index contributed by atoms with van der Waals surface area (Å²) in [7, 11) is 0.